The van der Waals surface area contributed by atoms with Crippen LogP contribution < -0.4 is 28.0 Å². The van der Waals surface area contributed by atoms with E-state index in [2.05, 4.69) is 4.74 Å². The number of H-pyrrole nitrogens is 1. The van der Waals surface area contributed by atoms with Crippen molar-refractivity contribution in [2.24, 2.45) is 11.5 Å². The largest absolute Gasteiger partial charge is 0.480 e. The molecule has 0 spiro atoms. The van der Waals surface area contributed by atoms with Crippen LogP contribution in [0, 0.1) is 0 Å². The quantitative estimate of drug-likeness (QED) is 0.141. The molecule has 0 bridgehead atoms. The van der Waals surface area contributed by atoms with Gasteiger partial charge in [-0.1, -0.05) is 0 Å². The van der Waals surface area contributed by atoms with E-state index in [0.29, 0.717) is 4.57 Å². The highest BCUT2D eigenvalue weighted by Crippen LogP contribution is 2.30. The third-order valence-electron chi connectivity index (χ3n) is 5.11. The number of nitrogens with zero attached hydrogens (tertiary/aromatic N) is 1. The lowest BCUT2D eigenvalue weighted by Gasteiger charge is -2.27. The molecule has 35 heavy (non-hydrogen) atoms. The summed E-state index contributed by atoms with van der Waals surface area (Å²) < 4.78 is 10.2. The van der Waals surface area contributed by atoms with Gasteiger partial charge in [0.2, 0.25) is 5.91 Å². The van der Waals surface area contributed by atoms with Gasteiger partial charge in [0.05, 0.1) is 12.2 Å². The summed E-state index contributed by atoms with van der Waals surface area (Å²) in [6, 6.07) is -4.05. The third-order valence-corrected chi connectivity index (χ3v) is 5.11. The van der Waals surface area contributed by atoms with Gasteiger partial charge < -0.3 is 56.9 Å². The molecule has 8 atom stereocenters. The Labute approximate surface area is 194 Å². The molecule has 18 heteroatoms. The fourth-order valence-electron chi connectivity index (χ4n) is 3.21. The molecule has 1 aromatic heterocycles. The molecule has 0 unspecified atom stereocenters. The van der Waals surface area contributed by atoms with Crippen molar-refractivity contribution in [3.8, 4) is 0 Å². The number of rotatable bonds is 10. The number of hydrogen-bond donors (Lipinski definition) is 10. The lowest BCUT2D eigenvalue weighted by molar-refractivity contribution is -0.150. The molecule has 0 aliphatic carbocycles. The van der Waals surface area contributed by atoms with E-state index in [9.17, 15) is 54.6 Å². The van der Waals surface area contributed by atoms with Crippen LogP contribution in [0.25, 0.3) is 0 Å². The number of aromatic nitrogens is 2. The summed E-state index contributed by atoms with van der Waals surface area (Å²) in [6.07, 6.45) is -11.9. The summed E-state index contributed by atoms with van der Waals surface area (Å²) in [5.41, 5.74) is 7.89. The number of carboxylic acid groups (broad SMARTS) is 1. The Morgan fingerprint density at radius 2 is 1.86 bits per heavy atom. The number of aliphatic hydroxyl groups excluding tert-OH is 5. The molecule has 2 amide bonds. The molecule has 18 nitrogen and oxygen atoms in total. The Bertz CT molecular complexity index is 1060. The van der Waals surface area contributed by atoms with Gasteiger partial charge in [-0.3, -0.25) is 19.1 Å². The van der Waals surface area contributed by atoms with Crippen LogP contribution in [0.3, 0.4) is 0 Å². The van der Waals surface area contributed by atoms with Crippen molar-refractivity contribution in [3.63, 3.8) is 0 Å². The van der Waals surface area contributed by atoms with E-state index in [1.807, 2.05) is 10.3 Å². The van der Waals surface area contributed by atoms with Gasteiger partial charge in [0.25, 0.3) is 5.56 Å². The number of ether oxygens (including phenoxy) is 2. The number of nitrogens with two attached hydrogens (primary N) is 2. The van der Waals surface area contributed by atoms with Gasteiger partial charge in [0.15, 0.2) is 12.3 Å². The zero-order valence-electron chi connectivity index (χ0n) is 17.8. The van der Waals surface area contributed by atoms with Gasteiger partial charge in [-0.25, -0.2) is 14.4 Å². The Morgan fingerprint density at radius 1 is 1.23 bits per heavy atom. The lowest BCUT2D eigenvalue weighted by atomic mass is 10.0. The normalized spacial score (nSPS) is 25.3. The lowest BCUT2D eigenvalue weighted by Crippen LogP contribution is -2.60. The zero-order valence-corrected chi connectivity index (χ0v) is 17.8. The maximum absolute atomic E-state index is 12.4. The van der Waals surface area contributed by atoms with Gasteiger partial charge >= 0.3 is 17.8 Å². The Morgan fingerprint density at radius 3 is 2.40 bits per heavy atom. The minimum absolute atomic E-state index is 0.305. The predicted molar refractivity (Wildman–Crippen MR) is 108 cm³/mol. The monoisotopic (exact) mass is 507 g/mol. The van der Waals surface area contributed by atoms with Crippen molar-refractivity contribution < 1.29 is 54.5 Å². The van der Waals surface area contributed by atoms with Gasteiger partial charge in [-0.2, -0.15) is 0 Å². The minimum atomic E-state index is -2.09. The number of nitrogens with one attached hydrogen (secondary N) is 2. The molecule has 1 saturated heterocycles. The van der Waals surface area contributed by atoms with E-state index >= 15 is 0 Å². The molecular weight excluding hydrogens is 482 g/mol. The highest BCUT2D eigenvalue weighted by atomic mass is 16.6. The maximum atomic E-state index is 12.4. The topological polar surface area (TPSA) is 310 Å². The van der Waals surface area contributed by atoms with Crippen LogP contribution >= 0.6 is 0 Å². The zero-order chi connectivity index (χ0) is 26.6. The molecule has 2 rings (SSSR count). The number of aliphatic carboxylic acids is 1. The molecule has 1 aliphatic rings. The molecule has 0 radical (unpaired) electrons. The van der Waals surface area contributed by atoms with Crippen LogP contribution in [0.5, 0.6) is 0 Å². The average molecular weight is 507 g/mol. The predicted octanol–water partition coefficient (Wildman–Crippen LogP) is -6.64. The second-order valence-electron chi connectivity index (χ2n) is 7.49. The standard InChI is InChI=1S/C17H25N5O13/c18-6(8(25)5(24)3-34-16(19)32)13(29)20-7(15(30)31)11-9(26)10(27)14(35-11)22-1-4(2-23)12(28)21-17(22)33/h1,5-11,14,23-27H,2-3,18H2,(H2,19,32)(H,20,29)(H,30,31)(H,21,28,33)/t5-,6-,7+,8+,9-,10+,11+,14+/m0/s1. The molecule has 196 valence electrons. The summed E-state index contributed by atoms with van der Waals surface area (Å²) in [6.45, 7) is -1.63. The molecule has 0 aromatic carbocycles. The minimum Gasteiger partial charge on any atom is -0.480 e. The molecule has 1 fully saturated rings. The highest BCUT2D eigenvalue weighted by Gasteiger charge is 2.50. The van der Waals surface area contributed by atoms with E-state index in [1.165, 1.54) is 0 Å². The van der Waals surface area contributed by atoms with E-state index in [-0.39, 0.29) is 5.56 Å². The number of hydrogen-bond acceptors (Lipinski definition) is 13. The van der Waals surface area contributed by atoms with Crippen molar-refractivity contribution >= 4 is 18.0 Å². The first kappa shape index (κ1) is 27.9. The van der Waals surface area contributed by atoms with Crippen LogP contribution in [0.1, 0.15) is 11.8 Å². The SMILES string of the molecule is NC(=O)OC[C@H](O)[C@@H](O)[C@H](N)C(=O)N[C@@H](C(=O)O)[C@H]1O[C@@H](n2cc(CO)c(=O)[nH]c2=O)[C@H](O)[C@@H]1O. The van der Waals surface area contributed by atoms with Crippen LogP contribution in [-0.2, 0) is 25.7 Å². The summed E-state index contributed by atoms with van der Waals surface area (Å²) in [5.74, 6) is -3.13. The molecule has 0 saturated carbocycles. The van der Waals surface area contributed by atoms with Gasteiger partial charge in [0, 0.05) is 6.20 Å². The van der Waals surface area contributed by atoms with Crippen molar-refractivity contribution in [2.45, 2.75) is 55.4 Å². The van der Waals surface area contributed by atoms with Crippen LogP contribution in [-0.4, -0.2) is 107 Å². The molecule has 2 heterocycles. The fourth-order valence-corrected chi connectivity index (χ4v) is 3.21. The number of primary amides is 1. The van der Waals surface area contributed by atoms with Crippen molar-refractivity contribution in [1.82, 2.24) is 14.9 Å². The van der Waals surface area contributed by atoms with E-state index in [4.69, 9.17) is 16.2 Å². The molecule has 12 N–H and O–H groups in total. The Kier molecular flexibility index (Phi) is 9.04. The first-order chi connectivity index (χ1) is 16.3. The van der Waals surface area contributed by atoms with E-state index in [1.54, 1.807) is 0 Å². The van der Waals surface area contributed by atoms with Gasteiger partial charge in [-0.05, 0) is 0 Å². The number of carbonyl (C=O) groups is 3. The number of aromatic amines is 1. The number of carbonyl (C=O) groups excluding carboxylic acids is 2. The second-order valence-corrected chi connectivity index (χ2v) is 7.49. The van der Waals surface area contributed by atoms with Crippen molar-refractivity contribution in [3.05, 3.63) is 32.6 Å². The van der Waals surface area contributed by atoms with Crippen LogP contribution in [0.4, 0.5) is 4.79 Å². The summed E-state index contributed by atoms with van der Waals surface area (Å²) >= 11 is 0. The fraction of sp³-hybridized carbons (Fsp3) is 0.588. The first-order valence-electron chi connectivity index (χ1n) is 9.84. The Hall–Kier alpha value is -3.39. The summed E-state index contributed by atoms with van der Waals surface area (Å²) in [7, 11) is 0. The van der Waals surface area contributed by atoms with Crippen LogP contribution in [0.2, 0.25) is 0 Å². The smallest absolute Gasteiger partial charge is 0.404 e. The first-order valence-corrected chi connectivity index (χ1v) is 9.84. The number of carboxylic acids is 1. The van der Waals surface area contributed by atoms with Crippen molar-refractivity contribution in [2.75, 3.05) is 6.61 Å². The summed E-state index contributed by atoms with van der Waals surface area (Å²) in [5, 5.41) is 61.0. The third kappa shape index (κ3) is 6.19. The highest BCUT2D eigenvalue weighted by molar-refractivity contribution is 5.87. The number of aliphatic hydroxyl groups is 5. The average Bonchev–Trinajstić information content (AvgIpc) is 3.08. The number of amides is 2. The van der Waals surface area contributed by atoms with Crippen LogP contribution in [0.15, 0.2) is 15.8 Å². The van der Waals surface area contributed by atoms with Gasteiger partial charge in [-0.15, -0.1) is 0 Å². The van der Waals surface area contributed by atoms with Gasteiger partial charge in [0.1, 0.15) is 43.2 Å². The van der Waals surface area contributed by atoms with E-state index in [0.717, 1.165) is 6.20 Å². The second kappa shape index (κ2) is 11.4. The van der Waals surface area contributed by atoms with E-state index < -0.39 is 91.3 Å². The Balaban J connectivity index is 2.22. The summed E-state index contributed by atoms with van der Waals surface area (Å²) in [4.78, 5) is 60.3. The molecule has 1 aliphatic heterocycles. The molecule has 1 aromatic rings. The molecular formula is C17H25N5O13. The maximum Gasteiger partial charge on any atom is 0.404 e. The van der Waals surface area contributed by atoms with Crippen molar-refractivity contribution in [1.29, 1.82) is 0 Å².